The fraction of sp³-hybridized carbons (Fsp3) is 0.619. The Kier molecular flexibility index (Phi) is 5.31. The van der Waals surface area contributed by atoms with Gasteiger partial charge in [-0.25, -0.2) is 8.78 Å². The van der Waals surface area contributed by atoms with Crippen molar-refractivity contribution in [2.75, 3.05) is 0 Å². The maximum atomic E-state index is 14.9. The van der Waals surface area contributed by atoms with Gasteiger partial charge in [-0.05, 0) is 62.5 Å². The molecule has 1 atom stereocenters. The molecule has 3 fully saturated rings. The second-order valence-electron chi connectivity index (χ2n) is 8.95. The molecule has 1 aromatic rings. The average Bonchev–Trinajstić information content (AvgIpc) is 3.14. The summed E-state index contributed by atoms with van der Waals surface area (Å²) in [5.41, 5.74) is -1.67. The quantitative estimate of drug-likeness (QED) is 0.635. The third-order valence-corrected chi connectivity index (χ3v) is 7.81. The largest absolute Gasteiger partial charge is 0.354 e. The van der Waals surface area contributed by atoms with Crippen molar-refractivity contribution >= 4 is 35.0 Å². The van der Waals surface area contributed by atoms with Crippen LogP contribution in [0, 0.1) is 17.2 Å². The van der Waals surface area contributed by atoms with Gasteiger partial charge in [0.05, 0.1) is 16.1 Å². The minimum Gasteiger partial charge on any atom is -0.354 e. The van der Waals surface area contributed by atoms with E-state index in [0.29, 0.717) is 38.5 Å². The maximum absolute atomic E-state index is 14.9. The zero-order chi connectivity index (χ0) is 21.0. The third kappa shape index (κ3) is 3.74. The third-order valence-electron chi connectivity index (χ3n) is 6.99. The SMILES string of the molecule is CC(=O)NC1CC(C(=O)N[C@H](c2c(F)ccc(Cl)c2Cl)C23CCC(F)(CC2)C3)C1. The monoisotopic (exact) mass is 444 g/mol. The molecule has 0 spiro atoms. The van der Waals surface area contributed by atoms with Gasteiger partial charge < -0.3 is 10.6 Å². The van der Waals surface area contributed by atoms with Crippen molar-refractivity contribution in [1.82, 2.24) is 10.6 Å². The number of fused-ring (bicyclic) bond motifs is 2. The van der Waals surface area contributed by atoms with E-state index in [1.807, 2.05) is 0 Å². The molecule has 2 bridgehead atoms. The van der Waals surface area contributed by atoms with Gasteiger partial charge in [-0.3, -0.25) is 9.59 Å². The van der Waals surface area contributed by atoms with E-state index < -0.39 is 22.9 Å². The van der Waals surface area contributed by atoms with E-state index >= 15 is 0 Å². The molecule has 3 aliphatic carbocycles. The van der Waals surface area contributed by atoms with Crippen LogP contribution in [-0.2, 0) is 9.59 Å². The van der Waals surface area contributed by atoms with Crippen molar-refractivity contribution in [1.29, 1.82) is 0 Å². The second kappa shape index (κ2) is 7.38. The van der Waals surface area contributed by atoms with Crippen molar-refractivity contribution in [3.8, 4) is 0 Å². The van der Waals surface area contributed by atoms with Crippen LogP contribution in [0.1, 0.15) is 63.5 Å². The lowest BCUT2D eigenvalue weighted by Crippen LogP contribution is -2.51. The van der Waals surface area contributed by atoms with Crippen LogP contribution in [0.3, 0.4) is 0 Å². The summed E-state index contributed by atoms with van der Waals surface area (Å²) in [5, 5.41) is 6.06. The minimum atomic E-state index is -1.25. The van der Waals surface area contributed by atoms with Crippen molar-refractivity contribution in [3.05, 3.63) is 33.6 Å². The molecule has 0 unspecified atom stereocenters. The van der Waals surface area contributed by atoms with Gasteiger partial charge in [0.25, 0.3) is 0 Å². The molecule has 0 aliphatic heterocycles. The molecule has 2 N–H and O–H groups in total. The summed E-state index contributed by atoms with van der Waals surface area (Å²) in [4.78, 5) is 24.1. The molecular weight excluding hydrogens is 421 g/mol. The van der Waals surface area contributed by atoms with Gasteiger partial charge in [-0.2, -0.15) is 0 Å². The number of benzene rings is 1. The number of hydrogen-bond donors (Lipinski definition) is 2. The van der Waals surface area contributed by atoms with Gasteiger partial charge in [0.15, 0.2) is 0 Å². The number of halogens is 4. The average molecular weight is 445 g/mol. The lowest BCUT2D eigenvalue weighted by Gasteiger charge is -2.40. The molecule has 0 aromatic heterocycles. The summed E-state index contributed by atoms with van der Waals surface area (Å²) in [5.74, 6) is -1.17. The van der Waals surface area contributed by atoms with Crippen LogP contribution in [0.4, 0.5) is 8.78 Å². The molecule has 29 heavy (non-hydrogen) atoms. The van der Waals surface area contributed by atoms with Crippen LogP contribution in [-0.4, -0.2) is 23.5 Å². The van der Waals surface area contributed by atoms with Crippen molar-refractivity contribution in [2.24, 2.45) is 11.3 Å². The smallest absolute Gasteiger partial charge is 0.223 e. The Hall–Kier alpha value is -1.40. The number of carbonyl (C=O) groups is 2. The maximum Gasteiger partial charge on any atom is 0.223 e. The zero-order valence-corrected chi connectivity index (χ0v) is 17.7. The number of carbonyl (C=O) groups excluding carboxylic acids is 2. The Labute approximate surface area is 178 Å². The molecule has 4 rings (SSSR count). The highest BCUT2D eigenvalue weighted by molar-refractivity contribution is 6.42. The predicted octanol–water partition coefficient (Wildman–Crippen LogP) is 4.88. The van der Waals surface area contributed by atoms with Crippen LogP contribution in [0.15, 0.2) is 12.1 Å². The van der Waals surface area contributed by atoms with Gasteiger partial charge in [-0.1, -0.05) is 23.2 Å². The molecule has 0 radical (unpaired) electrons. The molecule has 1 aromatic carbocycles. The summed E-state index contributed by atoms with van der Waals surface area (Å²) < 4.78 is 29.8. The summed E-state index contributed by atoms with van der Waals surface area (Å²) in [7, 11) is 0. The molecule has 2 amide bonds. The molecule has 158 valence electrons. The first-order valence-electron chi connectivity index (χ1n) is 10.0. The highest BCUT2D eigenvalue weighted by atomic mass is 35.5. The highest BCUT2D eigenvalue weighted by Gasteiger charge is 2.59. The van der Waals surface area contributed by atoms with E-state index in [-0.39, 0.29) is 45.8 Å². The van der Waals surface area contributed by atoms with E-state index in [9.17, 15) is 18.4 Å². The van der Waals surface area contributed by atoms with Crippen LogP contribution >= 0.6 is 23.2 Å². The molecular formula is C21H24Cl2F2N2O2. The van der Waals surface area contributed by atoms with E-state index in [1.54, 1.807) is 0 Å². The Morgan fingerprint density at radius 2 is 1.83 bits per heavy atom. The van der Waals surface area contributed by atoms with Crippen molar-refractivity contribution in [3.63, 3.8) is 0 Å². The number of nitrogens with one attached hydrogen (secondary N) is 2. The standard InChI is InChI=1S/C21H24Cl2F2N2O2/c1-11(28)26-13-8-12(9-13)19(29)27-18(16-15(24)3-2-14(22)17(16)23)20-4-6-21(25,10-20)7-5-20/h2-3,12-13,18H,4-10H2,1H3,(H,26,28)(H,27,29)/t12?,13?,18-,20?,21?/m1/s1. The highest BCUT2D eigenvalue weighted by Crippen LogP contribution is 2.64. The minimum absolute atomic E-state index is 0.0252. The zero-order valence-electron chi connectivity index (χ0n) is 16.2. The van der Waals surface area contributed by atoms with Gasteiger partial charge in [0, 0.05) is 24.4 Å². The predicted molar refractivity (Wildman–Crippen MR) is 107 cm³/mol. The van der Waals surface area contributed by atoms with E-state index in [4.69, 9.17) is 23.2 Å². The molecule has 3 aliphatic rings. The first kappa shape index (κ1) is 20.9. The Bertz CT molecular complexity index is 849. The molecule has 3 saturated carbocycles. The lowest BCUT2D eigenvalue weighted by molar-refractivity contribution is -0.131. The fourth-order valence-corrected chi connectivity index (χ4v) is 5.83. The molecule has 4 nitrogen and oxygen atoms in total. The second-order valence-corrected chi connectivity index (χ2v) is 9.74. The van der Waals surface area contributed by atoms with Gasteiger partial charge in [0.1, 0.15) is 11.5 Å². The van der Waals surface area contributed by atoms with E-state index in [1.165, 1.54) is 19.1 Å². The van der Waals surface area contributed by atoms with Crippen LogP contribution < -0.4 is 10.6 Å². The lowest BCUT2D eigenvalue weighted by atomic mass is 9.73. The van der Waals surface area contributed by atoms with Gasteiger partial charge >= 0.3 is 0 Å². The number of rotatable bonds is 5. The summed E-state index contributed by atoms with van der Waals surface area (Å²) in [6.45, 7) is 1.44. The Balaban J connectivity index is 1.60. The normalized spacial score (nSPS) is 33.8. The summed E-state index contributed by atoms with van der Waals surface area (Å²) in [6, 6.07) is 1.86. The Morgan fingerprint density at radius 1 is 1.17 bits per heavy atom. The van der Waals surface area contributed by atoms with E-state index in [0.717, 1.165) is 0 Å². The van der Waals surface area contributed by atoms with Crippen LogP contribution in [0.2, 0.25) is 10.0 Å². The van der Waals surface area contributed by atoms with Crippen molar-refractivity contribution in [2.45, 2.75) is 69.6 Å². The topological polar surface area (TPSA) is 58.2 Å². The number of amides is 2. The molecule has 0 heterocycles. The number of hydrogen-bond acceptors (Lipinski definition) is 2. The molecule has 8 heteroatoms. The summed E-state index contributed by atoms with van der Waals surface area (Å²) >= 11 is 12.5. The van der Waals surface area contributed by atoms with Gasteiger partial charge in [-0.15, -0.1) is 0 Å². The molecule has 0 saturated heterocycles. The van der Waals surface area contributed by atoms with E-state index in [2.05, 4.69) is 10.6 Å². The fourth-order valence-electron chi connectivity index (χ4n) is 5.41. The number of alkyl halides is 1. The summed E-state index contributed by atoms with van der Waals surface area (Å²) in [6.07, 6.45) is 3.30. The first-order chi connectivity index (χ1) is 13.6. The van der Waals surface area contributed by atoms with Crippen LogP contribution in [0.25, 0.3) is 0 Å². The van der Waals surface area contributed by atoms with Gasteiger partial charge in [0.2, 0.25) is 11.8 Å². The van der Waals surface area contributed by atoms with Crippen LogP contribution in [0.5, 0.6) is 0 Å². The first-order valence-corrected chi connectivity index (χ1v) is 10.8. The Morgan fingerprint density at radius 3 is 2.38 bits per heavy atom. The van der Waals surface area contributed by atoms with Crippen molar-refractivity contribution < 1.29 is 18.4 Å².